The summed E-state index contributed by atoms with van der Waals surface area (Å²) >= 11 is 0. The van der Waals surface area contributed by atoms with Gasteiger partial charge in [-0.05, 0) is 26.2 Å². The van der Waals surface area contributed by atoms with E-state index in [1.54, 1.807) is 6.33 Å². The van der Waals surface area contributed by atoms with Gasteiger partial charge < -0.3 is 10.6 Å². The molecule has 4 heteroatoms. The molecule has 1 aromatic rings. The van der Waals surface area contributed by atoms with Crippen LogP contribution in [-0.2, 0) is 6.42 Å². The molecular formula is C16H30N4. The molecule has 4 nitrogen and oxygen atoms in total. The van der Waals surface area contributed by atoms with Crippen molar-refractivity contribution in [2.24, 2.45) is 5.92 Å². The second-order valence-corrected chi connectivity index (χ2v) is 5.34. The van der Waals surface area contributed by atoms with Gasteiger partial charge in [-0.15, -0.1) is 0 Å². The monoisotopic (exact) mass is 278 g/mol. The maximum absolute atomic E-state index is 4.47. The van der Waals surface area contributed by atoms with Gasteiger partial charge in [0.1, 0.15) is 18.0 Å². The Balaban J connectivity index is 2.95. The van der Waals surface area contributed by atoms with Crippen LogP contribution < -0.4 is 10.6 Å². The molecule has 0 aromatic carbocycles. The van der Waals surface area contributed by atoms with Crippen LogP contribution in [0.1, 0.15) is 59.4 Å². The Morgan fingerprint density at radius 3 is 2.25 bits per heavy atom. The van der Waals surface area contributed by atoms with Crippen LogP contribution in [0.5, 0.6) is 0 Å². The Hall–Kier alpha value is -1.32. The molecule has 0 saturated heterocycles. The molecule has 0 amide bonds. The van der Waals surface area contributed by atoms with Crippen LogP contribution in [0, 0.1) is 5.92 Å². The summed E-state index contributed by atoms with van der Waals surface area (Å²) in [5.74, 6) is 2.66. The molecule has 0 radical (unpaired) electrons. The fraction of sp³-hybridized carbons (Fsp3) is 0.750. The molecule has 0 aliphatic rings. The van der Waals surface area contributed by atoms with E-state index < -0.39 is 0 Å². The van der Waals surface area contributed by atoms with Crippen LogP contribution in [0.4, 0.5) is 11.6 Å². The molecule has 0 aliphatic heterocycles. The second kappa shape index (κ2) is 8.77. The summed E-state index contributed by atoms with van der Waals surface area (Å²) in [6.45, 7) is 11.9. The number of nitrogens with zero attached hydrogens (tertiary/aromatic N) is 2. The van der Waals surface area contributed by atoms with E-state index in [4.69, 9.17) is 0 Å². The molecular weight excluding hydrogens is 248 g/mol. The third kappa shape index (κ3) is 4.36. The number of anilines is 2. The smallest absolute Gasteiger partial charge is 0.134 e. The number of rotatable bonds is 9. The number of aromatic nitrogens is 2. The van der Waals surface area contributed by atoms with Gasteiger partial charge in [0.2, 0.25) is 0 Å². The summed E-state index contributed by atoms with van der Waals surface area (Å²) in [5.41, 5.74) is 1.22. The van der Waals surface area contributed by atoms with Crippen molar-refractivity contribution >= 4 is 11.6 Å². The summed E-state index contributed by atoms with van der Waals surface area (Å²) in [5, 5.41) is 6.95. The Labute approximate surface area is 123 Å². The van der Waals surface area contributed by atoms with Gasteiger partial charge in [0.05, 0.1) is 0 Å². The Kier molecular flexibility index (Phi) is 7.34. The average Bonchev–Trinajstić information content (AvgIpc) is 2.44. The van der Waals surface area contributed by atoms with Crippen LogP contribution in [0.2, 0.25) is 0 Å². The molecule has 1 aromatic heterocycles. The highest BCUT2D eigenvalue weighted by molar-refractivity contribution is 5.57. The Morgan fingerprint density at radius 1 is 1.05 bits per heavy atom. The van der Waals surface area contributed by atoms with E-state index in [1.807, 2.05) is 0 Å². The molecule has 0 fully saturated rings. The summed E-state index contributed by atoms with van der Waals surface area (Å²) in [7, 11) is 0. The summed E-state index contributed by atoms with van der Waals surface area (Å²) in [6, 6.07) is 0.435. The van der Waals surface area contributed by atoms with Crippen molar-refractivity contribution in [3.05, 3.63) is 11.9 Å². The maximum atomic E-state index is 4.47. The minimum atomic E-state index is 0.435. The summed E-state index contributed by atoms with van der Waals surface area (Å²) < 4.78 is 0. The average molecular weight is 278 g/mol. The molecule has 1 rings (SSSR count). The first-order valence-corrected chi connectivity index (χ1v) is 8.02. The van der Waals surface area contributed by atoms with Crippen molar-refractivity contribution in [1.29, 1.82) is 0 Å². The van der Waals surface area contributed by atoms with E-state index in [0.29, 0.717) is 12.0 Å². The van der Waals surface area contributed by atoms with Crippen molar-refractivity contribution in [2.45, 2.75) is 66.3 Å². The van der Waals surface area contributed by atoms with Gasteiger partial charge in [-0.25, -0.2) is 9.97 Å². The van der Waals surface area contributed by atoms with Gasteiger partial charge in [0.25, 0.3) is 0 Å². The van der Waals surface area contributed by atoms with Gasteiger partial charge in [0.15, 0.2) is 0 Å². The Bertz CT molecular complexity index is 388. The third-order valence-corrected chi connectivity index (χ3v) is 3.91. The molecule has 1 unspecified atom stereocenters. The van der Waals surface area contributed by atoms with Crippen molar-refractivity contribution in [2.75, 3.05) is 17.2 Å². The van der Waals surface area contributed by atoms with E-state index in [-0.39, 0.29) is 0 Å². The van der Waals surface area contributed by atoms with Gasteiger partial charge in [-0.1, -0.05) is 40.0 Å². The zero-order chi connectivity index (χ0) is 15.0. The molecule has 0 spiro atoms. The zero-order valence-electron chi connectivity index (χ0n) is 13.7. The van der Waals surface area contributed by atoms with Crippen molar-refractivity contribution in [3.63, 3.8) is 0 Å². The standard InChI is InChI=1S/C16H30N4/c1-6-10-14-15(17-9-4)18-11-19-16(14)20-12(5)13(7-2)8-3/h11-13H,6-10H2,1-5H3,(H2,17,18,19,20). The van der Waals surface area contributed by atoms with Gasteiger partial charge in [-0.3, -0.25) is 0 Å². The molecule has 1 heterocycles. The molecule has 0 aliphatic carbocycles. The first-order chi connectivity index (χ1) is 9.67. The van der Waals surface area contributed by atoms with E-state index in [2.05, 4.69) is 55.2 Å². The maximum Gasteiger partial charge on any atom is 0.134 e. The number of nitrogens with one attached hydrogen (secondary N) is 2. The predicted octanol–water partition coefficient (Wildman–Crippen LogP) is 4.10. The predicted molar refractivity (Wildman–Crippen MR) is 87.3 cm³/mol. The van der Waals surface area contributed by atoms with E-state index in [1.165, 1.54) is 18.4 Å². The van der Waals surface area contributed by atoms with Gasteiger partial charge in [-0.2, -0.15) is 0 Å². The lowest BCUT2D eigenvalue weighted by Crippen LogP contribution is -2.26. The first-order valence-electron chi connectivity index (χ1n) is 8.02. The lowest BCUT2D eigenvalue weighted by Gasteiger charge is -2.24. The van der Waals surface area contributed by atoms with Gasteiger partial charge in [0, 0.05) is 18.2 Å². The fourth-order valence-electron chi connectivity index (χ4n) is 2.67. The summed E-state index contributed by atoms with van der Waals surface area (Å²) in [6.07, 6.45) is 6.14. The number of hydrogen-bond acceptors (Lipinski definition) is 4. The fourth-order valence-corrected chi connectivity index (χ4v) is 2.67. The largest absolute Gasteiger partial charge is 0.370 e. The van der Waals surface area contributed by atoms with Crippen LogP contribution in [0.3, 0.4) is 0 Å². The topological polar surface area (TPSA) is 49.8 Å². The molecule has 114 valence electrons. The molecule has 0 saturated carbocycles. The summed E-state index contributed by atoms with van der Waals surface area (Å²) in [4.78, 5) is 8.85. The molecule has 1 atom stereocenters. The van der Waals surface area contributed by atoms with Crippen LogP contribution in [-0.4, -0.2) is 22.6 Å². The van der Waals surface area contributed by atoms with Crippen molar-refractivity contribution < 1.29 is 0 Å². The first kappa shape index (κ1) is 16.7. The highest BCUT2D eigenvalue weighted by atomic mass is 15.1. The molecule has 20 heavy (non-hydrogen) atoms. The van der Waals surface area contributed by atoms with Crippen molar-refractivity contribution in [1.82, 2.24) is 9.97 Å². The van der Waals surface area contributed by atoms with Crippen molar-refractivity contribution in [3.8, 4) is 0 Å². The highest BCUT2D eigenvalue weighted by Gasteiger charge is 2.17. The lowest BCUT2D eigenvalue weighted by atomic mass is 9.95. The quantitative estimate of drug-likeness (QED) is 0.714. The van der Waals surface area contributed by atoms with Crippen LogP contribution in [0.25, 0.3) is 0 Å². The van der Waals surface area contributed by atoms with Crippen LogP contribution in [0.15, 0.2) is 6.33 Å². The minimum absolute atomic E-state index is 0.435. The van der Waals surface area contributed by atoms with E-state index in [0.717, 1.165) is 31.0 Å². The normalized spacial score (nSPS) is 12.5. The Morgan fingerprint density at radius 2 is 1.70 bits per heavy atom. The molecule has 0 bridgehead atoms. The molecule has 2 N–H and O–H groups in total. The second-order valence-electron chi connectivity index (χ2n) is 5.34. The lowest BCUT2D eigenvalue weighted by molar-refractivity contribution is 0.436. The minimum Gasteiger partial charge on any atom is -0.370 e. The van der Waals surface area contributed by atoms with E-state index in [9.17, 15) is 0 Å². The van der Waals surface area contributed by atoms with Gasteiger partial charge >= 0.3 is 0 Å². The third-order valence-electron chi connectivity index (χ3n) is 3.91. The number of hydrogen-bond donors (Lipinski definition) is 2. The highest BCUT2D eigenvalue weighted by Crippen LogP contribution is 2.24. The van der Waals surface area contributed by atoms with E-state index >= 15 is 0 Å². The zero-order valence-corrected chi connectivity index (χ0v) is 13.7. The van der Waals surface area contributed by atoms with Crippen LogP contribution >= 0.6 is 0 Å². The SMILES string of the molecule is CCCc1c(NCC)ncnc1NC(C)C(CC)CC.